The lowest BCUT2D eigenvalue weighted by Crippen LogP contribution is -2.58. The fourth-order valence-corrected chi connectivity index (χ4v) is 3.89. The monoisotopic (exact) mass is 295 g/mol. The van der Waals surface area contributed by atoms with Crippen LogP contribution in [0.1, 0.15) is 32.3 Å². The molecule has 2 N–H and O–H groups in total. The normalized spacial score (nSPS) is 19.9. The molecule has 0 saturated carbocycles. The summed E-state index contributed by atoms with van der Waals surface area (Å²) in [5.74, 6) is 0.754. The number of thiophene rings is 1. The Bertz CT molecular complexity index is 380. The van der Waals surface area contributed by atoms with Gasteiger partial charge in [-0.1, -0.05) is 13.8 Å². The predicted molar refractivity (Wildman–Crippen MR) is 88.1 cm³/mol. The van der Waals surface area contributed by atoms with Crippen LogP contribution >= 0.6 is 11.3 Å². The number of piperidine rings is 1. The molecule has 20 heavy (non-hydrogen) atoms. The number of nitrogens with two attached hydrogens (primary N) is 1. The average molecular weight is 295 g/mol. The first kappa shape index (κ1) is 16.0. The molecule has 1 aliphatic heterocycles. The molecule has 0 bridgehead atoms. The Balaban J connectivity index is 1.93. The number of nitrogens with zero attached hydrogens (tertiary/aromatic N) is 2. The Hall–Kier alpha value is -0.420. The van der Waals surface area contributed by atoms with Crippen LogP contribution in [0, 0.1) is 5.92 Å². The summed E-state index contributed by atoms with van der Waals surface area (Å²) in [6, 6.07) is 2.22. The molecule has 1 fully saturated rings. The average Bonchev–Trinajstić information content (AvgIpc) is 2.92. The van der Waals surface area contributed by atoms with E-state index in [-0.39, 0.29) is 5.54 Å². The van der Waals surface area contributed by atoms with Crippen molar-refractivity contribution >= 4 is 11.3 Å². The molecule has 2 rings (SSSR count). The summed E-state index contributed by atoms with van der Waals surface area (Å²) in [7, 11) is 2.24. The lowest BCUT2D eigenvalue weighted by Gasteiger charge is -2.47. The van der Waals surface area contributed by atoms with Gasteiger partial charge in [-0.15, -0.1) is 0 Å². The summed E-state index contributed by atoms with van der Waals surface area (Å²) in [5, 5.41) is 4.40. The van der Waals surface area contributed by atoms with Gasteiger partial charge in [0.25, 0.3) is 0 Å². The number of hydrogen-bond donors (Lipinski definition) is 1. The van der Waals surface area contributed by atoms with Gasteiger partial charge in [-0.05, 0) is 61.3 Å². The van der Waals surface area contributed by atoms with Crippen molar-refractivity contribution in [1.82, 2.24) is 9.80 Å². The molecule has 1 saturated heterocycles. The van der Waals surface area contributed by atoms with E-state index in [2.05, 4.69) is 47.5 Å². The quantitative estimate of drug-likeness (QED) is 0.875. The van der Waals surface area contributed by atoms with Gasteiger partial charge in [0, 0.05) is 25.2 Å². The summed E-state index contributed by atoms with van der Waals surface area (Å²) in [6.45, 7) is 9.97. The zero-order valence-electron chi connectivity index (χ0n) is 13.1. The summed E-state index contributed by atoms with van der Waals surface area (Å²) in [4.78, 5) is 5.08. The van der Waals surface area contributed by atoms with Crippen molar-refractivity contribution in [1.29, 1.82) is 0 Å². The van der Waals surface area contributed by atoms with Crippen LogP contribution in [0.2, 0.25) is 0 Å². The predicted octanol–water partition coefficient (Wildman–Crippen LogP) is 2.63. The van der Waals surface area contributed by atoms with Crippen LogP contribution in [0.3, 0.4) is 0 Å². The number of hydrogen-bond acceptors (Lipinski definition) is 4. The second-order valence-electron chi connectivity index (χ2n) is 6.61. The molecule has 2 heterocycles. The maximum atomic E-state index is 6.16. The second-order valence-corrected chi connectivity index (χ2v) is 7.39. The largest absolute Gasteiger partial charge is 0.329 e. The van der Waals surface area contributed by atoms with Gasteiger partial charge in [0.05, 0.1) is 0 Å². The first-order valence-corrected chi connectivity index (χ1v) is 8.65. The molecule has 0 spiro atoms. The van der Waals surface area contributed by atoms with Crippen LogP contribution in [0.5, 0.6) is 0 Å². The minimum absolute atomic E-state index is 0.190. The van der Waals surface area contributed by atoms with E-state index < -0.39 is 0 Å². The molecule has 0 aromatic carbocycles. The van der Waals surface area contributed by atoms with E-state index in [1.54, 1.807) is 11.3 Å². The van der Waals surface area contributed by atoms with Crippen LogP contribution in [0.25, 0.3) is 0 Å². The van der Waals surface area contributed by atoms with Crippen LogP contribution in [0.15, 0.2) is 16.8 Å². The lowest BCUT2D eigenvalue weighted by atomic mass is 9.85. The van der Waals surface area contributed by atoms with Gasteiger partial charge in [-0.2, -0.15) is 11.3 Å². The summed E-state index contributed by atoms with van der Waals surface area (Å²) in [6.07, 6.45) is 2.38. The van der Waals surface area contributed by atoms with E-state index in [0.29, 0.717) is 0 Å². The highest BCUT2D eigenvalue weighted by molar-refractivity contribution is 7.07. The van der Waals surface area contributed by atoms with Gasteiger partial charge in [0.1, 0.15) is 0 Å². The van der Waals surface area contributed by atoms with Crippen LogP contribution in [0.4, 0.5) is 0 Å². The van der Waals surface area contributed by atoms with E-state index in [1.165, 1.54) is 38.0 Å². The summed E-state index contributed by atoms with van der Waals surface area (Å²) >= 11 is 1.78. The minimum atomic E-state index is 0.190. The van der Waals surface area contributed by atoms with Crippen molar-refractivity contribution in [2.45, 2.75) is 38.8 Å². The number of rotatable bonds is 6. The molecule has 0 atom stereocenters. The van der Waals surface area contributed by atoms with E-state index in [4.69, 9.17) is 5.73 Å². The first-order chi connectivity index (χ1) is 9.55. The van der Waals surface area contributed by atoms with E-state index in [0.717, 1.165) is 19.0 Å². The summed E-state index contributed by atoms with van der Waals surface area (Å²) < 4.78 is 0. The molecule has 3 nitrogen and oxygen atoms in total. The molecule has 114 valence electrons. The maximum absolute atomic E-state index is 6.16. The molecule has 0 radical (unpaired) electrons. The Morgan fingerprint density at radius 2 is 2.10 bits per heavy atom. The Kier molecular flexibility index (Phi) is 5.61. The second kappa shape index (κ2) is 7.03. The standard InChI is InChI=1S/C16H29N3S/c1-14(2)10-19-7-5-16(13-17,6-8-19)18(3)11-15-4-9-20-12-15/h4,9,12,14H,5-8,10-11,13,17H2,1-3H3. The van der Waals surface area contributed by atoms with Crippen LogP contribution in [-0.4, -0.2) is 48.6 Å². The maximum Gasteiger partial charge on any atom is 0.0356 e. The van der Waals surface area contributed by atoms with Crippen molar-refractivity contribution in [3.05, 3.63) is 22.4 Å². The highest BCUT2D eigenvalue weighted by atomic mass is 32.1. The van der Waals surface area contributed by atoms with Crippen molar-refractivity contribution in [2.75, 3.05) is 33.2 Å². The molecule has 0 aliphatic carbocycles. The zero-order chi connectivity index (χ0) is 14.6. The topological polar surface area (TPSA) is 32.5 Å². The SMILES string of the molecule is CC(C)CN1CCC(CN)(N(C)Cc2ccsc2)CC1. The number of likely N-dealkylation sites (tertiary alicyclic amines) is 1. The smallest absolute Gasteiger partial charge is 0.0356 e. The Labute approximate surface area is 127 Å². The molecule has 1 aromatic heterocycles. The molecule has 1 aliphatic rings. The molecule has 4 heteroatoms. The zero-order valence-corrected chi connectivity index (χ0v) is 14.0. The van der Waals surface area contributed by atoms with Crippen LogP contribution in [-0.2, 0) is 6.54 Å². The van der Waals surface area contributed by atoms with Gasteiger partial charge in [0.15, 0.2) is 0 Å². The molecular formula is C16H29N3S. The van der Waals surface area contributed by atoms with Crippen molar-refractivity contribution in [3.8, 4) is 0 Å². The molecule has 1 aromatic rings. The molecule has 0 amide bonds. The van der Waals surface area contributed by atoms with E-state index >= 15 is 0 Å². The van der Waals surface area contributed by atoms with E-state index in [9.17, 15) is 0 Å². The highest BCUT2D eigenvalue weighted by Crippen LogP contribution is 2.29. The third-order valence-corrected chi connectivity index (χ3v) is 5.33. The van der Waals surface area contributed by atoms with Gasteiger partial charge in [0.2, 0.25) is 0 Å². The molecule has 0 unspecified atom stereocenters. The highest BCUT2D eigenvalue weighted by Gasteiger charge is 2.36. The van der Waals surface area contributed by atoms with Gasteiger partial charge >= 0.3 is 0 Å². The van der Waals surface area contributed by atoms with Crippen molar-refractivity contribution in [3.63, 3.8) is 0 Å². The fourth-order valence-electron chi connectivity index (χ4n) is 3.23. The van der Waals surface area contributed by atoms with Gasteiger partial charge in [-0.25, -0.2) is 0 Å². The third kappa shape index (κ3) is 3.82. The van der Waals surface area contributed by atoms with Gasteiger partial charge in [-0.3, -0.25) is 4.90 Å². The fraction of sp³-hybridized carbons (Fsp3) is 0.750. The van der Waals surface area contributed by atoms with Crippen LogP contribution < -0.4 is 5.73 Å². The molecular weight excluding hydrogens is 266 g/mol. The number of likely N-dealkylation sites (N-methyl/N-ethyl adjacent to an activating group) is 1. The minimum Gasteiger partial charge on any atom is -0.329 e. The first-order valence-electron chi connectivity index (χ1n) is 7.70. The van der Waals surface area contributed by atoms with Crippen molar-refractivity contribution < 1.29 is 0 Å². The van der Waals surface area contributed by atoms with Crippen molar-refractivity contribution in [2.24, 2.45) is 11.7 Å². The third-order valence-electron chi connectivity index (χ3n) is 4.60. The van der Waals surface area contributed by atoms with E-state index in [1.807, 2.05) is 0 Å². The summed E-state index contributed by atoms with van der Waals surface area (Å²) in [5.41, 5.74) is 7.76. The van der Waals surface area contributed by atoms with Gasteiger partial charge < -0.3 is 10.6 Å². The Morgan fingerprint density at radius 1 is 1.40 bits per heavy atom. The Morgan fingerprint density at radius 3 is 2.60 bits per heavy atom. The lowest BCUT2D eigenvalue weighted by molar-refractivity contribution is 0.0365.